The summed E-state index contributed by atoms with van der Waals surface area (Å²) in [5.74, 6) is -2.38. The van der Waals surface area contributed by atoms with Gasteiger partial charge in [-0.15, -0.1) is 16.9 Å². The molecule has 5 aliphatic rings. The molecule has 15 nitrogen and oxygen atoms in total. The number of fused-ring (bicyclic) bond motifs is 2. The van der Waals surface area contributed by atoms with Crippen molar-refractivity contribution in [1.82, 2.24) is 46.0 Å². The number of nitrogens with zero attached hydrogens (tertiary/aromatic N) is 6. The van der Waals surface area contributed by atoms with Crippen molar-refractivity contribution in [3.05, 3.63) is 16.9 Å². The lowest BCUT2D eigenvalue weighted by atomic mass is 9.78. The third-order valence-electron chi connectivity index (χ3n) is 9.36. The van der Waals surface area contributed by atoms with Crippen molar-refractivity contribution in [2.45, 2.75) is 62.1 Å². The third-order valence-corrected chi connectivity index (χ3v) is 10.9. The molecule has 222 valence electrons. The summed E-state index contributed by atoms with van der Waals surface area (Å²) < 4.78 is 1.28. The van der Waals surface area contributed by atoms with Gasteiger partial charge in [-0.25, -0.2) is 9.48 Å². The highest BCUT2D eigenvalue weighted by Crippen LogP contribution is 2.52. The van der Waals surface area contributed by atoms with Gasteiger partial charge in [0.05, 0.1) is 30.1 Å². The van der Waals surface area contributed by atoms with Gasteiger partial charge in [-0.3, -0.25) is 14.4 Å². The monoisotopic (exact) mass is 589 g/mol. The molecule has 6 rings (SSSR count). The topological polar surface area (TPSA) is 195 Å². The van der Waals surface area contributed by atoms with Crippen molar-refractivity contribution in [1.29, 1.82) is 0 Å². The zero-order valence-corrected chi connectivity index (χ0v) is 23.7. The van der Waals surface area contributed by atoms with Gasteiger partial charge < -0.3 is 36.0 Å². The summed E-state index contributed by atoms with van der Waals surface area (Å²) in [6.45, 7) is 6.07. The average molecular weight is 590 g/mol. The molecule has 41 heavy (non-hydrogen) atoms. The number of nitrogens with one attached hydrogen (secondary N) is 3. The molecule has 4 fully saturated rings. The van der Waals surface area contributed by atoms with Crippen molar-refractivity contribution < 1.29 is 29.4 Å². The zero-order valence-electron chi connectivity index (χ0n) is 22.9. The number of thioether (sulfide) groups is 1. The standard InChI is InChI=1S/C25H35N9O6S/c1-12-19-18(13(2)29-17(36)8-33-11-28-30-31-33)23(38)34(19)20(24(39)40)21(12)41-15-5-16(26-6-15)22(37)32-7-14-3-4-27-25(14,9-32)10-35/h11-16,18-19,26-27,35H,3-10H2,1-2H3,(H,29,36)(H,39,40)/t12-,13-,14?,15+,16+,18-,19-,25?/m1/s1. The number of β-lactam (4-membered cyclic amide) rings is 1. The largest absolute Gasteiger partial charge is 0.477 e. The number of carboxylic acids is 1. The van der Waals surface area contributed by atoms with Crippen LogP contribution in [0.2, 0.25) is 0 Å². The molecule has 0 radical (unpaired) electrons. The number of hydrogen-bond acceptors (Lipinski definition) is 11. The molecule has 5 aliphatic heterocycles. The number of amides is 3. The van der Waals surface area contributed by atoms with E-state index in [0.29, 0.717) is 31.0 Å². The number of hydrogen-bond donors (Lipinski definition) is 5. The number of aliphatic carboxylic acids is 1. The van der Waals surface area contributed by atoms with Crippen LogP contribution in [-0.4, -0.2) is 126 Å². The summed E-state index contributed by atoms with van der Waals surface area (Å²) in [7, 11) is 0. The highest BCUT2D eigenvalue weighted by molar-refractivity contribution is 8.03. The van der Waals surface area contributed by atoms with Gasteiger partial charge in [-0.05, 0) is 42.7 Å². The van der Waals surface area contributed by atoms with E-state index in [4.69, 9.17) is 0 Å². The number of aromatic nitrogens is 4. The van der Waals surface area contributed by atoms with Crippen LogP contribution < -0.4 is 16.0 Å². The van der Waals surface area contributed by atoms with Crippen molar-refractivity contribution in [2.24, 2.45) is 17.8 Å². The van der Waals surface area contributed by atoms with E-state index in [-0.39, 0.29) is 65.7 Å². The van der Waals surface area contributed by atoms with E-state index in [1.54, 1.807) is 6.92 Å². The Bertz CT molecular complexity index is 1280. The molecule has 1 aromatic heterocycles. The van der Waals surface area contributed by atoms with Crippen LogP contribution in [0.4, 0.5) is 0 Å². The summed E-state index contributed by atoms with van der Waals surface area (Å²) in [5, 5.41) is 40.2. The van der Waals surface area contributed by atoms with E-state index in [2.05, 4.69) is 31.5 Å². The number of likely N-dealkylation sites (tertiary alicyclic amines) is 1. The van der Waals surface area contributed by atoms with Gasteiger partial charge in [0.1, 0.15) is 18.6 Å². The zero-order chi connectivity index (χ0) is 29.1. The number of tetrazole rings is 1. The van der Waals surface area contributed by atoms with Gasteiger partial charge in [0.2, 0.25) is 17.7 Å². The van der Waals surface area contributed by atoms with Crippen LogP contribution in [0.3, 0.4) is 0 Å². The Morgan fingerprint density at radius 3 is 2.83 bits per heavy atom. The molecule has 2 unspecified atom stereocenters. The maximum absolute atomic E-state index is 13.4. The Balaban J connectivity index is 1.09. The van der Waals surface area contributed by atoms with E-state index in [1.165, 1.54) is 27.7 Å². The smallest absolute Gasteiger partial charge is 0.353 e. The maximum atomic E-state index is 13.4. The lowest BCUT2D eigenvalue weighted by molar-refractivity contribution is -0.158. The lowest BCUT2D eigenvalue weighted by Crippen LogP contribution is -2.66. The third kappa shape index (κ3) is 4.70. The number of rotatable bonds is 9. The molecule has 3 amide bonds. The van der Waals surface area contributed by atoms with Gasteiger partial charge in [-0.1, -0.05) is 6.92 Å². The van der Waals surface area contributed by atoms with Gasteiger partial charge in [-0.2, -0.15) is 0 Å². The minimum Gasteiger partial charge on any atom is -0.477 e. The van der Waals surface area contributed by atoms with Crippen molar-refractivity contribution >= 4 is 35.5 Å². The molecule has 6 heterocycles. The second-order valence-electron chi connectivity index (χ2n) is 11.8. The normalized spacial score (nSPS) is 35.0. The highest BCUT2D eigenvalue weighted by atomic mass is 32.2. The fraction of sp³-hybridized carbons (Fsp3) is 0.720. The van der Waals surface area contributed by atoms with Crippen LogP contribution >= 0.6 is 11.8 Å². The van der Waals surface area contributed by atoms with E-state index in [0.717, 1.165) is 13.0 Å². The fourth-order valence-corrected chi connectivity index (χ4v) is 8.79. The van der Waals surface area contributed by atoms with Gasteiger partial charge in [0.25, 0.3) is 0 Å². The number of carbonyl (C=O) groups is 4. The number of aliphatic hydroxyl groups excluding tert-OH is 1. The minimum atomic E-state index is -1.16. The van der Waals surface area contributed by atoms with Crippen LogP contribution in [-0.2, 0) is 25.7 Å². The molecular formula is C25H35N9O6S. The molecule has 1 aromatic rings. The Morgan fingerprint density at radius 2 is 2.15 bits per heavy atom. The Morgan fingerprint density at radius 1 is 1.34 bits per heavy atom. The second-order valence-corrected chi connectivity index (χ2v) is 13.1. The number of carbonyl (C=O) groups excluding carboxylic acids is 3. The summed E-state index contributed by atoms with van der Waals surface area (Å²) in [6.07, 6.45) is 2.80. The second kappa shape index (κ2) is 10.6. The highest BCUT2D eigenvalue weighted by Gasteiger charge is 2.60. The van der Waals surface area contributed by atoms with Gasteiger partial charge in [0, 0.05) is 41.7 Å². The maximum Gasteiger partial charge on any atom is 0.353 e. The molecule has 0 saturated carbocycles. The number of aliphatic hydroxyl groups is 1. The average Bonchev–Trinajstić information content (AvgIpc) is 3.73. The van der Waals surface area contributed by atoms with E-state index in [9.17, 15) is 29.4 Å². The summed E-state index contributed by atoms with van der Waals surface area (Å²) in [5.41, 5.74) is -0.414. The summed E-state index contributed by atoms with van der Waals surface area (Å²) in [6, 6.07) is -1.27. The molecule has 4 saturated heterocycles. The van der Waals surface area contributed by atoms with E-state index < -0.39 is 23.5 Å². The van der Waals surface area contributed by atoms with Crippen LogP contribution in [0.25, 0.3) is 0 Å². The first-order valence-corrected chi connectivity index (χ1v) is 14.9. The first kappa shape index (κ1) is 28.1. The Kier molecular flexibility index (Phi) is 7.28. The molecule has 5 N–H and O–H groups in total. The van der Waals surface area contributed by atoms with Crippen molar-refractivity contribution in [3.8, 4) is 0 Å². The van der Waals surface area contributed by atoms with Crippen LogP contribution in [0.1, 0.15) is 26.7 Å². The van der Waals surface area contributed by atoms with Gasteiger partial charge in [0.15, 0.2) is 0 Å². The summed E-state index contributed by atoms with van der Waals surface area (Å²) in [4.78, 5) is 55.2. The summed E-state index contributed by atoms with van der Waals surface area (Å²) >= 11 is 1.43. The van der Waals surface area contributed by atoms with Crippen molar-refractivity contribution in [3.63, 3.8) is 0 Å². The molecule has 0 bridgehead atoms. The van der Waals surface area contributed by atoms with E-state index >= 15 is 0 Å². The molecule has 16 heteroatoms. The van der Waals surface area contributed by atoms with Crippen LogP contribution in [0.5, 0.6) is 0 Å². The predicted molar refractivity (Wildman–Crippen MR) is 144 cm³/mol. The molecular weight excluding hydrogens is 554 g/mol. The van der Waals surface area contributed by atoms with Gasteiger partial charge >= 0.3 is 5.97 Å². The first-order valence-electron chi connectivity index (χ1n) is 14.0. The number of carboxylic acid groups (broad SMARTS) is 1. The van der Waals surface area contributed by atoms with Crippen molar-refractivity contribution in [2.75, 3.05) is 32.8 Å². The molecule has 8 atom stereocenters. The van der Waals surface area contributed by atoms with E-state index in [1.807, 2.05) is 11.8 Å². The lowest BCUT2D eigenvalue weighted by Gasteiger charge is -2.47. The first-order chi connectivity index (χ1) is 19.6. The van der Waals surface area contributed by atoms with Crippen LogP contribution in [0.15, 0.2) is 16.9 Å². The van der Waals surface area contributed by atoms with Crippen LogP contribution in [0, 0.1) is 17.8 Å². The quantitative estimate of drug-likeness (QED) is 0.192. The molecule has 0 aromatic carbocycles. The Labute approximate surface area is 240 Å². The predicted octanol–water partition coefficient (Wildman–Crippen LogP) is -2.40. The SMILES string of the molecule is C[C@@H](NC(=O)Cn1cnnn1)[C@H]1C(=O)N2C(C(=O)O)=C(S[C@@H]3CN[C@H](C(=O)N4CC5CCNC5(CO)C4)C3)[C@H](C)[C@H]12. The molecule has 0 spiro atoms. The Hall–Kier alpha value is -3.08. The molecule has 0 aliphatic carbocycles. The fourth-order valence-electron chi connectivity index (χ4n) is 7.31. The minimum absolute atomic E-state index is 0.000858.